The van der Waals surface area contributed by atoms with Crippen molar-refractivity contribution in [2.75, 3.05) is 5.33 Å². The molecular weight excluding hydrogens is 451 g/mol. The second kappa shape index (κ2) is 8.49. The van der Waals surface area contributed by atoms with E-state index in [0.717, 1.165) is 34.8 Å². The van der Waals surface area contributed by atoms with Gasteiger partial charge in [0.1, 0.15) is 0 Å². The van der Waals surface area contributed by atoms with Crippen molar-refractivity contribution in [3.8, 4) is 12.3 Å². The molecule has 0 spiro atoms. The summed E-state index contributed by atoms with van der Waals surface area (Å²) < 4.78 is 1.16. The van der Waals surface area contributed by atoms with Crippen LogP contribution in [-0.4, -0.2) is 11.1 Å². The Morgan fingerprint density at radius 1 is 1.27 bits per heavy atom. The minimum atomic E-state index is -0.426. The van der Waals surface area contributed by atoms with Gasteiger partial charge in [-0.2, -0.15) is 0 Å². The first-order valence-electron chi connectivity index (χ1n) is 7.58. The number of terminal acetylenes is 1. The molecule has 3 heteroatoms. The summed E-state index contributed by atoms with van der Waals surface area (Å²) in [5.74, 6) is 3.08. The van der Waals surface area contributed by atoms with Crippen LogP contribution in [0.3, 0.4) is 0 Å². The number of carbonyl (C=O) groups excluding carboxylic acids is 1. The monoisotopic (exact) mass is 474 g/mol. The fourth-order valence-electron chi connectivity index (χ4n) is 2.54. The second-order valence-corrected chi connectivity index (χ2v) is 8.44. The van der Waals surface area contributed by atoms with Gasteiger partial charge in [0.15, 0.2) is 5.78 Å². The third kappa shape index (κ3) is 5.38. The molecule has 0 aliphatic carbocycles. The summed E-state index contributed by atoms with van der Waals surface area (Å²) in [5.41, 5.74) is 0.628. The van der Waals surface area contributed by atoms with E-state index in [0.29, 0.717) is 5.33 Å². The lowest BCUT2D eigenvalue weighted by Gasteiger charge is -2.29. The first kappa shape index (κ1) is 19.7. The molecule has 0 heterocycles. The molecule has 0 saturated heterocycles. The van der Waals surface area contributed by atoms with Gasteiger partial charge in [-0.1, -0.05) is 40.9 Å². The number of unbranched alkanes of at least 4 members (excludes halogenated alkanes) is 1. The van der Waals surface area contributed by atoms with Crippen LogP contribution >= 0.6 is 38.5 Å². The third-order valence-electron chi connectivity index (χ3n) is 4.32. The number of Topliss-reactive ketones (excluding diaryl/α,β-unsaturated/α-hetero) is 1. The lowest BCUT2D eigenvalue weighted by atomic mass is 9.74. The van der Waals surface area contributed by atoms with E-state index in [4.69, 9.17) is 6.42 Å². The van der Waals surface area contributed by atoms with Crippen molar-refractivity contribution in [2.24, 2.45) is 5.41 Å². The molecule has 1 rings (SSSR count). The van der Waals surface area contributed by atoms with Gasteiger partial charge in [0, 0.05) is 8.99 Å². The number of carbonyl (C=O) groups is 1. The molecule has 120 valence electrons. The Hall–Kier alpha value is -0.340. The van der Waals surface area contributed by atoms with Crippen LogP contribution in [0.4, 0.5) is 0 Å². The van der Waals surface area contributed by atoms with Crippen molar-refractivity contribution < 1.29 is 4.79 Å². The van der Waals surface area contributed by atoms with E-state index in [9.17, 15) is 4.79 Å². The molecule has 0 aliphatic heterocycles. The van der Waals surface area contributed by atoms with Gasteiger partial charge in [0.25, 0.3) is 0 Å². The lowest BCUT2D eigenvalue weighted by Crippen LogP contribution is -2.33. The quantitative estimate of drug-likeness (QED) is 0.203. The van der Waals surface area contributed by atoms with Crippen LogP contribution in [0.5, 0.6) is 0 Å². The average Bonchev–Trinajstić information content (AvgIpc) is 2.50. The molecule has 1 aromatic carbocycles. The molecular formula is C19H24BrIO. The highest BCUT2D eigenvalue weighted by molar-refractivity contribution is 14.1. The zero-order chi connectivity index (χ0) is 16.8. The van der Waals surface area contributed by atoms with Crippen LogP contribution in [0.1, 0.15) is 52.0 Å². The summed E-state index contributed by atoms with van der Waals surface area (Å²) >= 11 is 5.64. The van der Waals surface area contributed by atoms with E-state index in [1.54, 1.807) is 0 Å². The smallest absolute Gasteiger partial charge is 0.153 e. The number of hydrogen-bond donors (Lipinski definition) is 0. The van der Waals surface area contributed by atoms with Crippen molar-refractivity contribution in [3.05, 3.63) is 33.4 Å². The van der Waals surface area contributed by atoms with Crippen molar-refractivity contribution in [1.29, 1.82) is 0 Å². The molecule has 1 atom stereocenters. The molecule has 0 amide bonds. The Kier molecular flexibility index (Phi) is 7.61. The highest BCUT2D eigenvalue weighted by Gasteiger charge is 2.33. The van der Waals surface area contributed by atoms with Gasteiger partial charge >= 0.3 is 0 Å². The topological polar surface area (TPSA) is 17.1 Å². The van der Waals surface area contributed by atoms with Crippen molar-refractivity contribution >= 4 is 44.3 Å². The zero-order valence-electron chi connectivity index (χ0n) is 13.6. The van der Waals surface area contributed by atoms with Crippen molar-refractivity contribution in [1.82, 2.24) is 0 Å². The normalized spacial score (nSPS) is 14.2. The summed E-state index contributed by atoms with van der Waals surface area (Å²) in [4.78, 5) is 12.5. The molecule has 1 unspecified atom stereocenters. The lowest BCUT2D eigenvalue weighted by molar-refractivity contribution is -0.121. The summed E-state index contributed by atoms with van der Waals surface area (Å²) in [6.45, 7) is 6.25. The van der Waals surface area contributed by atoms with E-state index in [1.165, 1.54) is 0 Å². The standard InChI is InChI=1S/C19H24BrIO/c1-5-18(2,3)11-6-7-12-19(4,17(22)14-20)15-9-8-10-16(21)13-15/h1,8-10,13H,6-7,11-12,14H2,2-4H3. The molecule has 0 saturated carbocycles. The van der Waals surface area contributed by atoms with E-state index in [1.807, 2.05) is 6.07 Å². The highest BCUT2D eigenvalue weighted by Crippen LogP contribution is 2.33. The Morgan fingerprint density at radius 3 is 2.45 bits per heavy atom. The van der Waals surface area contributed by atoms with Gasteiger partial charge < -0.3 is 0 Å². The van der Waals surface area contributed by atoms with Crippen LogP contribution in [0, 0.1) is 21.3 Å². The molecule has 0 fully saturated rings. The predicted molar refractivity (Wildman–Crippen MR) is 106 cm³/mol. The van der Waals surface area contributed by atoms with E-state index < -0.39 is 5.41 Å². The Labute approximate surface area is 156 Å². The maximum atomic E-state index is 12.5. The number of rotatable bonds is 8. The van der Waals surface area contributed by atoms with Gasteiger partial charge in [-0.3, -0.25) is 4.79 Å². The largest absolute Gasteiger partial charge is 0.298 e. The SMILES string of the molecule is C#CC(C)(C)CCCCC(C)(C(=O)CBr)c1cccc(I)c1. The second-order valence-electron chi connectivity index (χ2n) is 6.63. The summed E-state index contributed by atoms with van der Waals surface area (Å²) in [5, 5.41) is 0.394. The summed E-state index contributed by atoms with van der Waals surface area (Å²) in [6, 6.07) is 8.26. The van der Waals surface area contributed by atoms with Gasteiger partial charge in [0.2, 0.25) is 0 Å². The predicted octanol–water partition coefficient (Wildman–Crippen LogP) is 5.73. The molecule has 1 nitrogen and oxygen atoms in total. The maximum Gasteiger partial charge on any atom is 0.153 e. The van der Waals surface area contributed by atoms with Crippen LogP contribution in [0.2, 0.25) is 0 Å². The zero-order valence-corrected chi connectivity index (χ0v) is 17.3. The van der Waals surface area contributed by atoms with Gasteiger partial charge in [-0.25, -0.2) is 0 Å². The molecule has 0 aromatic heterocycles. The number of alkyl halides is 1. The Balaban J connectivity index is 2.82. The van der Waals surface area contributed by atoms with Gasteiger partial charge in [-0.05, 0) is 73.9 Å². The molecule has 0 radical (unpaired) electrons. The number of ketones is 1. The maximum absolute atomic E-state index is 12.5. The van der Waals surface area contributed by atoms with Crippen LogP contribution in [0.25, 0.3) is 0 Å². The fourth-order valence-corrected chi connectivity index (χ4v) is 3.70. The minimum Gasteiger partial charge on any atom is -0.298 e. The van der Waals surface area contributed by atoms with Crippen LogP contribution < -0.4 is 0 Å². The molecule has 0 aliphatic rings. The van der Waals surface area contributed by atoms with E-state index >= 15 is 0 Å². The third-order valence-corrected chi connectivity index (χ3v) is 5.50. The van der Waals surface area contributed by atoms with Crippen LogP contribution in [0.15, 0.2) is 24.3 Å². The first-order valence-corrected chi connectivity index (χ1v) is 9.78. The minimum absolute atomic E-state index is 0.0576. The molecule has 0 bridgehead atoms. The average molecular weight is 475 g/mol. The van der Waals surface area contributed by atoms with Crippen molar-refractivity contribution in [3.63, 3.8) is 0 Å². The van der Waals surface area contributed by atoms with Crippen molar-refractivity contribution in [2.45, 2.75) is 51.9 Å². The first-order chi connectivity index (χ1) is 10.2. The van der Waals surface area contributed by atoms with Gasteiger partial charge in [-0.15, -0.1) is 12.3 Å². The Morgan fingerprint density at radius 2 is 1.91 bits per heavy atom. The number of benzene rings is 1. The summed E-state index contributed by atoms with van der Waals surface area (Å²) in [6.07, 6.45) is 9.45. The van der Waals surface area contributed by atoms with E-state index in [2.05, 4.69) is 83.4 Å². The van der Waals surface area contributed by atoms with Crippen LogP contribution in [-0.2, 0) is 10.2 Å². The van der Waals surface area contributed by atoms with Gasteiger partial charge in [0.05, 0.1) is 10.7 Å². The number of hydrogen-bond acceptors (Lipinski definition) is 1. The van der Waals surface area contributed by atoms with E-state index in [-0.39, 0.29) is 11.2 Å². The molecule has 0 N–H and O–H groups in total. The number of halogens is 2. The fraction of sp³-hybridized carbons (Fsp3) is 0.526. The summed E-state index contributed by atoms with van der Waals surface area (Å²) in [7, 11) is 0. The highest BCUT2D eigenvalue weighted by atomic mass is 127. The Bertz CT molecular complexity index is 559. The molecule has 22 heavy (non-hydrogen) atoms. The molecule has 1 aromatic rings.